The minimum absolute atomic E-state index is 0.00277. The standard InChI is InChI=1S/C19H22F2O5S/c1-5-18(3,4)16-9-8-13-10-15(7-6-14(13)11-16)17(22)26-12(2)19(20,21)27(23,24)25/h6-12H,5H2,1-4H3,(H,23,24,25). The quantitative estimate of drug-likeness (QED) is 0.568. The van der Waals surface area contributed by atoms with Crippen molar-refractivity contribution in [2.45, 2.75) is 50.9 Å². The molecule has 1 N–H and O–H groups in total. The number of rotatable bonds is 6. The van der Waals surface area contributed by atoms with E-state index in [1.165, 1.54) is 12.1 Å². The summed E-state index contributed by atoms with van der Waals surface area (Å²) in [6, 6.07) is 10.4. The minimum atomic E-state index is -5.70. The number of carbonyl (C=O) groups excluding carboxylic acids is 1. The number of hydrogen-bond donors (Lipinski definition) is 1. The Labute approximate surface area is 157 Å². The zero-order valence-electron chi connectivity index (χ0n) is 15.5. The first-order chi connectivity index (χ1) is 12.3. The van der Waals surface area contributed by atoms with Gasteiger partial charge >= 0.3 is 21.3 Å². The van der Waals surface area contributed by atoms with Crippen molar-refractivity contribution in [3.8, 4) is 0 Å². The predicted molar refractivity (Wildman–Crippen MR) is 98.6 cm³/mol. The largest absolute Gasteiger partial charge is 0.451 e. The summed E-state index contributed by atoms with van der Waals surface area (Å²) in [5.41, 5.74) is 1.13. The van der Waals surface area contributed by atoms with E-state index in [2.05, 4.69) is 25.5 Å². The maximum atomic E-state index is 13.5. The van der Waals surface area contributed by atoms with Gasteiger partial charge in [-0.15, -0.1) is 0 Å². The van der Waals surface area contributed by atoms with Gasteiger partial charge in [-0.3, -0.25) is 4.55 Å². The van der Waals surface area contributed by atoms with Gasteiger partial charge in [-0.2, -0.15) is 17.2 Å². The average molecular weight is 400 g/mol. The van der Waals surface area contributed by atoms with E-state index in [0.29, 0.717) is 12.3 Å². The lowest BCUT2D eigenvalue weighted by atomic mass is 9.81. The van der Waals surface area contributed by atoms with E-state index < -0.39 is 27.4 Å². The van der Waals surface area contributed by atoms with Crippen molar-refractivity contribution < 1.29 is 31.3 Å². The van der Waals surface area contributed by atoms with Crippen LogP contribution in [0.15, 0.2) is 36.4 Å². The minimum Gasteiger partial charge on any atom is -0.451 e. The normalized spacial score (nSPS) is 14.2. The second kappa shape index (κ2) is 7.16. The molecule has 0 aliphatic heterocycles. The maximum absolute atomic E-state index is 13.5. The topological polar surface area (TPSA) is 80.7 Å². The first-order valence-corrected chi connectivity index (χ1v) is 9.83. The highest BCUT2D eigenvalue weighted by molar-refractivity contribution is 7.86. The van der Waals surface area contributed by atoms with Crippen molar-refractivity contribution in [3.05, 3.63) is 47.5 Å². The van der Waals surface area contributed by atoms with Gasteiger partial charge in [0, 0.05) is 0 Å². The van der Waals surface area contributed by atoms with Crippen molar-refractivity contribution >= 4 is 26.9 Å². The van der Waals surface area contributed by atoms with Crippen molar-refractivity contribution in [1.82, 2.24) is 0 Å². The molecule has 2 aromatic carbocycles. The van der Waals surface area contributed by atoms with Crippen LogP contribution in [0.5, 0.6) is 0 Å². The molecule has 2 aromatic rings. The summed E-state index contributed by atoms with van der Waals surface area (Å²) >= 11 is 0. The van der Waals surface area contributed by atoms with Gasteiger partial charge in [0.1, 0.15) is 0 Å². The average Bonchev–Trinajstić information content (AvgIpc) is 2.59. The molecule has 0 aliphatic carbocycles. The van der Waals surface area contributed by atoms with Crippen molar-refractivity contribution in [3.63, 3.8) is 0 Å². The Morgan fingerprint density at radius 1 is 1.15 bits per heavy atom. The van der Waals surface area contributed by atoms with Crippen LogP contribution in [-0.2, 0) is 20.3 Å². The molecule has 0 aliphatic rings. The molecule has 1 atom stereocenters. The number of benzene rings is 2. The molecule has 0 amide bonds. The highest BCUT2D eigenvalue weighted by Gasteiger charge is 2.52. The summed E-state index contributed by atoms with van der Waals surface area (Å²) in [5, 5.41) is -3.00. The molecule has 0 spiro atoms. The lowest BCUT2D eigenvalue weighted by Crippen LogP contribution is -2.42. The van der Waals surface area contributed by atoms with E-state index in [0.717, 1.165) is 17.4 Å². The van der Waals surface area contributed by atoms with Crippen LogP contribution in [0.2, 0.25) is 0 Å². The molecule has 5 nitrogen and oxygen atoms in total. The van der Waals surface area contributed by atoms with Crippen LogP contribution in [0.4, 0.5) is 8.78 Å². The van der Waals surface area contributed by atoms with Gasteiger partial charge < -0.3 is 4.74 Å². The molecule has 0 heterocycles. The Morgan fingerprint density at radius 3 is 2.26 bits per heavy atom. The van der Waals surface area contributed by atoms with E-state index in [-0.39, 0.29) is 11.0 Å². The van der Waals surface area contributed by atoms with Crippen molar-refractivity contribution in [1.29, 1.82) is 0 Å². The summed E-state index contributed by atoms with van der Waals surface area (Å²) in [4.78, 5) is 12.1. The first kappa shape index (κ1) is 21.2. The van der Waals surface area contributed by atoms with Gasteiger partial charge in [0.15, 0.2) is 6.10 Å². The summed E-state index contributed by atoms with van der Waals surface area (Å²) in [5.74, 6) is -1.11. The predicted octanol–water partition coefficient (Wildman–Crippen LogP) is 4.55. The Balaban J connectivity index is 2.29. The van der Waals surface area contributed by atoms with Crippen LogP contribution in [0.1, 0.15) is 50.0 Å². The summed E-state index contributed by atoms with van der Waals surface area (Å²) in [6.07, 6.45) is -1.40. The summed E-state index contributed by atoms with van der Waals surface area (Å²) < 4.78 is 61.7. The molecule has 0 bridgehead atoms. The van der Waals surface area contributed by atoms with E-state index in [9.17, 15) is 22.0 Å². The molecular weight excluding hydrogens is 378 g/mol. The number of alkyl halides is 2. The molecule has 0 aromatic heterocycles. The van der Waals surface area contributed by atoms with E-state index >= 15 is 0 Å². The molecule has 2 rings (SSSR count). The Kier molecular flexibility index (Phi) is 5.64. The number of carbonyl (C=O) groups is 1. The number of hydrogen-bond acceptors (Lipinski definition) is 4. The number of halogens is 2. The fourth-order valence-corrected chi connectivity index (χ4v) is 2.97. The SMILES string of the molecule is CCC(C)(C)c1ccc2cc(C(=O)OC(C)C(F)(F)S(=O)(=O)O)ccc2c1. The lowest BCUT2D eigenvalue weighted by Gasteiger charge is -2.23. The van der Waals surface area contributed by atoms with Gasteiger partial charge in [0.25, 0.3) is 0 Å². The zero-order valence-corrected chi connectivity index (χ0v) is 16.3. The van der Waals surface area contributed by atoms with Crippen LogP contribution in [-0.4, -0.2) is 30.3 Å². The summed E-state index contributed by atoms with van der Waals surface area (Å²) in [7, 11) is -5.70. The van der Waals surface area contributed by atoms with Crippen molar-refractivity contribution in [2.24, 2.45) is 0 Å². The second-order valence-electron chi connectivity index (χ2n) is 7.10. The number of esters is 1. The first-order valence-electron chi connectivity index (χ1n) is 8.39. The molecule has 0 saturated heterocycles. The molecule has 1 unspecified atom stereocenters. The smallest absolute Gasteiger partial charge is 0.405 e. The fourth-order valence-electron chi connectivity index (χ4n) is 2.50. The fraction of sp³-hybridized carbons (Fsp3) is 0.421. The molecule has 0 fully saturated rings. The molecule has 148 valence electrons. The number of fused-ring (bicyclic) bond motifs is 1. The monoisotopic (exact) mass is 400 g/mol. The third kappa shape index (κ3) is 4.27. The molecule has 0 saturated carbocycles. The molecule has 27 heavy (non-hydrogen) atoms. The van der Waals surface area contributed by atoms with Crippen LogP contribution in [0, 0.1) is 0 Å². The van der Waals surface area contributed by atoms with Crippen LogP contribution in [0.3, 0.4) is 0 Å². The molecular formula is C19H22F2O5S. The van der Waals surface area contributed by atoms with Gasteiger partial charge in [-0.1, -0.05) is 45.0 Å². The highest BCUT2D eigenvalue weighted by atomic mass is 32.2. The Bertz CT molecular complexity index is 967. The Morgan fingerprint density at radius 2 is 1.70 bits per heavy atom. The van der Waals surface area contributed by atoms with Crippen LogP contribution >= 0.6 is 0 Å². The van der Waals surface area contributed by atoms with Crippen LogP contribution < -0.4 is 0 Å². The summed E-state index contributed by atoms with van der Waals surface area (Å²) in [6.45, 7) is 7.03. The van der Waals surface area contributed by atoms with Gasteiger partial charge in [0.05, 0.1) is 5.56 Å². The molecule has 8 heteroatoms. The zero-order chi connectivity index (χ0) is 20.6. The van der Waals surface area contributed by atoms with E-state index in [4.69, 9.17) is 4.55 Å². The third-order valence-corrected chi connectivity index (χ3v) is 5.86. The van der Waals surface area contributed by atoms with Gasteiger partial charge in [0.2, 0.25) is 0 Å². The highest BCUT2D eigenvalue weighted by Crippen LogP contribution is 2.31. The van der Waals surface area contributed by atoms with Crippen molar-refractivity contribution in [2.75, 3.05) is 0 Å². The third-order valence-electron chi connectivity index (χ3n) is 4.84. The Hall–Kier alpha value is -2.06. The maximum Gasteiger partial charge on any atom is 0.405 e. The number of ether oxygens (including phenoxy) is 1. The van der Waals surface area contributed by atoms with E-state index in [1.54, 1.807) is 6.07 Å². The van der Waals surface area contributed by atoms with E-state index in [1.807, 2.05) is 18.2 Å². The van der Waals surface area contributed by atoms with Gasteiger partial charge in [-0.25, -0.2) is 4.79 Å². The second-order valence-corrected chi connectivity index (χ2v) is 8.59. The van der Waals surface area contributed by atoms with Gasteiger partial charge in [-0.05, 0) is 47.2 Å². The molecule has 0 radical (unpaired) electrons. The lowest BCUT2D eigenvalue weighted by molar-refractivity contribution is -0.0549. The van der Waals surface area contributed by atoms with Crippen LogP contribution in [0.25, 0.3) is 10.8 Å².